The molecule has 1 atom stereocenters. The zero-order valence-electron chi connectivity index (χ0n) is 19.6. The minimum Gasteiger partial charge on any atom is -0.439 e. The number of nitrogens with zero attached hydrogens (tertiary/aromatic N) is 4. The lowest BCUT2D eigenvalue weighted by Crippen LogP contribution is -2.40. The molecule has 35 heavy (non-hydrogen) atoms. The van der Waals surface area contributed by atoms with Crippen molar-refractivity contribution in [3.05, 3.63) is 65.9 Å². The lowest BCUT2D eigenvalue weighted by molar-refractivity contribution is 0.0997. The molecule has 0 spiro atoms. The van der Waals surface area contributed by atoms with E-state index in [1.807, 2.05) is 24.8 Å². The number of nitriles is 1. The molecule has 1 saturated heterocycles. The number of aromatic nitrogens is 2. The summed E-state index contributed by atoms with van der Waals surface area (Å²) in [6, 6.07) is 13.9. The summed E-state index contributed by atoms with van der Waals surface area (Å²) in [6.07, 6.45) is 2.23. The fourth-order valence-electron chi connectivity index (χ4n) is 4.49. The summed E-state index contributed by atoms with van der Waals surface area (Å²) in [5.41, 5.74) is 5.68. The molecule has 0 bridgehead atoms. The van der Waals surface area contributed by atoms with Gasteiger partial charge in [-0.1, -0.05) is 13.0 Å². The van der Waals surface area contributed by atoms with E-state index in [4.69, 9.17) is 15.7 Å². The van der Waals surface area contributed by atoms with Crippen LogP contribution in [0.1, 0.15) is 43.1 Å². The fourth-order valence-corrected chi connectivity index (χ4v) is 5.88. The van der Waals surface area contributed by atoms with Gasteiger partial charge in [-0.15, -0.1) is 0 Å². The van der Waals surface area contributed by atoms with Crippen LogP contribution in [0.5, 0.6) is 11.6 Å². The van der Waals surface area contributed by atoms with E-state index in [-0.39, 0.29) is 32.7 Å². The molecule has 1 aliphatic heterocycles. The smallest absolute Gasteiger partial charge is 0.253 e. The Labute approximate surface area is 204 Å². The minimum atomic E-state index is -4.24. The molecule has 2 aromatic heterocycles. The van der Waals surface area contributed by atoms with Crippen molar-refractivity contribution < 1.29 is 17.9 Å². The van der Waals surface area contributed by atoms with Crippen LogP contribution in [0.2, 0.25) is 0 Å². The lowest BCUT2D eigenvalue weighted by atomic mass is 9.97. The number of sulfone groups is 1. The average Bonchev–Trinajstić information content (AvgIpc) is 3.10. The van der Waals surface area contributed by atoms with E-state index in [0.29, 0.717) is 23.8 Å². The Morgan fingerprint density at radius 3 is 2.51 bits per heavy atom. The molecule has 3 heterocycles. The Kier molecular flexibility index (Phi) is 6.21. The Balaban J connectivity index is 1.75. The first-order chi connectivity index (χ1) is 16.5. The molecule has 180 valence electrons. The topological polar surface area (TPSA) is 139 Å². The van der Waals surface area contributed by atoms with Crippen LogP contribution in [-0.2, 0) is 9.84 Å². The maximum atomic E-state index is 13.6. The maximum absolute atomic E-state index is 13.6. The van der Waals surface area contributed by atoms with Gasteiger partial charge < -0.3 is 15.4 Å². The van der Waals surface area contributed by atoms with Crippen LogP contribution < -0.4 is 15.4 Å². The normalized spacial score (nSPS) is 17.1. The van der Waals surface area contributed by atoms with Gasteiger partial charge in [-0.25, -0.2) is 18.4 Å². The van der Waals surface area contributed by atoms with Gasteiger partial charge in [-0.3, -0.25) is 4.79 Å². The Morgan fingerprint density at radius 2 is 1.91 bits per heavy atom. The predicted molar refractivity (Wildman–Crippen MR) is 129 cm³/mol. The monoisotopic (exact) mass is 491 g/mol. The van der Waals surface area contributed by atoms with Crippen LogP contribution in [0.15, 0.2) is 64.6 Å². The van der Waals surface area contributed by atoms with Crippen molar-refractivity contribution in [1.29, 1.82) is 5.26 Å². The first-order valence-corrected chi connectivity index (χ1v) is 12.5. The van der Waals surface area contributed by atoms with Crippen LogP contribution in [-0.4, -0.2) is 36.4 Å². The quantitative estimate of drug-likeness (QED) is 0.551. The average molecular weight is 492 g/mol. The number of rotatable bonds is 6. The third kappa shape index (κ3) is 4.68. The van der Waals surface area contributed by atoms with E-state index >= 15 is 0 Å². The number of amides is 1. The third-order valence-corrected chi connectivity index (χ3v) is 7.63. The summed E-state index contributed by atoms with van der Waals surface area (Å²) in [4.78, 5) is 22.8. The Hall–Kier alpha value is -3.97. The maximum Gasteiger partial charge on any atom is 0.253 e. The van der Waals surface area contributed by atoms with Crippen molar-refractivity contribution in [2.45, 2.75) is 42.7 Å². The largest absolute Gasteiger partial charge is 0.439 e. The summed E-state index contributed by atoms with van der Waals surface area (Å²) in [5, 5.41) is 8.64. The van der Waals surface area contributed by atoms with Gasteiger partial charge in [0.25, 0.3) is 5.91 Å². The fraction of sp³-hybridized carbons (Fsp3) is 0.280. The Morgan fingerprint density at radius 1 is 1.20 bits per heavy atom. The van der Waals surface area contributed by atoms with Crippen molar-refractivity contribution >= 4 is 21.6 Å². The summed E-state index contributed by atoms with van der Waals surface area (Å²) in [6.45, 7) is 6.76. The zero-order valence-corrected chi connectivity index (χ0v) is 20.4. The van der Waals surface area contributed by atoms with Gasteiger partial charge in [0.2, 0.25) is 15.7 Å². The van der Waals surface area contributed by atoms with Crippen LogP contribution in [0.25, 0.3) is 0 Å². The number of pyridine rings is 2. The first kappa shape index (κ1) is 24.2. The second-order valence-electron chi connectivity index (χ2n) is 9.16. The molecule has 10 heteroatoms. The molecule has 1 unspecified atom stereocenters. The standard InChI is InChI=1S/C25H25N5O4S/c1-16-13-25(2,3)30(15-16)24-22(23(27)31)19(11-12-28-24)35(32,33)21-6-4-5-20(29-21)34-18-9-7-17(14-26)8-10-18/h4-12,16H,13,15H2,1-3H3,(H2,27,31). The molecule has 1 aromatic carbocycles. The number of hydrogen-bond acceptors (Lipinski definition) is 8. The van der Waals surface area contributed by atoms with Crippen LogP contribution in [0.3, 0.4) is 0 Å². The highest BCUT2D eigenvalue weighted by molar-refractivity contribution is 7.91. The highest BCUT2D eigenvalue weighted by Crippen LogP contribution is 2.39. The number of primary amides is 1. The molecule has 9 nitrogen and oxygen atoms in total. The molecule has 0 saturated carbocycles. The summed E-state index contributed by atoms with van der Waals surface area (Å²) < 4.78 is 32.9. The number of hydrogen-bond donors (Lipinski definition) is 1. The third-order valence-electron chi connectivity index (χ3n) is 5.94. The van der Waals surface area contributed by atoms with Crippen molar-refractivity contribution in [2.24, 2.45) is 11.7 Å². The molecular formula is C25H25N5O4S. The van der Waals surface area contributed by atoms with Crippen molar-refractivity contribution in [3.63, 3.8) is 0 Å². The summed E-state index contributed by atoms with van der Waals surface area (Å²) in [5.74, 6) is 0.135. The minimum absolute atomic E-state index is 0.0418. The molecule has 2 N–H and O–H groups in total. The van der Waals surface area contributed by atoms with Crippen molar-refractivity contribution in [1.82, 2.24) is 9.97 Å². The molecule has 1 fully saturated rings. The van der Waals surface area contributed by atoms with Gasteiger partial charge in [-0.05, 0) is 62.6 Å². The van der Waals surface area contributed by atoms with Crippen LogP contribution >= 0.6 is 0 Å². The van der Waals surface area contributed by atoms with E-state index in [1.165, 1.54) is 30.5 Å². The number of nitrogens with two attached hydrogens (primary N) is 1. The summed E-state index contributed by atoms with van der Waals surface area (Å²) >= 11 is 0. The van der Waals surface area contributed by atoms with Gasteiger partial charge in [-0.2, -0.15) is 5.26 Å². The molecule has 0 aliphatic carbocycles. The van der Waals surface area contributed by atoms with E-state index < -0.39 is 15.7 Å². The molecule has 4 rings (SSSR count). The highest BCUT2D eigenvalue weighted by atomic mass is 32.2. The number of anilines is 1. The number of ether oxygens (including phenoxy) is 1. The van der Waals surface area contributed by atoms with Crippen molar-refractivity contribution in [3.8, 4) is 17.7 Å². The van der Waals surface area contributed by atoms with E-state index in [2.05, 4.69) is 16.9 Å². The molecule has 1 amide bonds. The SMILES string of the molecule is CC1CN(c2nccc(S(=O)(=O)c3cccc(Oc4ccc(C#N)cc4)n3)c2C(N)=O)C(C)(C)C1. The van der Waals surface area contributed by atoms with Gasteiger partial charge in [0, 0.05) is 24.3 Å². The van der Waals surface area contributed by atoms with Crippen molar-refractivity contribution in [2.75, 3.05) is 11.4 Å². The van der Waals surface area contributed by atoms with E-state index in [9.17, 15) is 13.2 Å². The predicted octanol–water partition coefficient (Wildman–Crippen LogP) is 3.70. The Bertz CT molecular complexity index is 1430. The second-order valence-corrected chi connectivity index (χ2v) is 11.0. The van der Waals surface area contributed by atoms with E-state index in [0.717, 1.165) is 6.42 Å². The molecule has 3 aromatic rings. The number of carbonyl (C=O) groups excluding carboxylic acids is 1. The zero-order chi connectivity index (χ0) is 25.4. The van der Waals surface area contributed by atoms with Gasteiger partial charge in [0.15, 0.2) is 5.03 Å². The van der Waals surface area contributed by atoms with E-state index in [1.54, 1.807) is 24.3 Å². The molecule has 0 radical (unpaired) electrons. The molecule has 1 aliphatic rings. The number of carbonyl (C=O) groups is 1. The highest BCUT2D eigenvalue weighted by Gasteiger charge is 2.40. The van der Waals surface area contributed by atoms with Gasteiger partial charge in [0.05, 0.1) is 16.5 Å². The van der Waals surface area contributed by atoms with Crippen LogP contribution in [0, 0.1) is 17.2 Å². The lowest BCUT2D eigenvalue weighted by Gasteiger charge is -2.33. The molecular weight excluding hydrogens is 466 g/mol. The number of benzene rings is 1. The second kappa shape index (κ2) is 9.00. The van der Waals surface area contributed by atoms with Gasteiger partial charge in [0.1, 0.15) is 17.1 Å². The summed E-state index contributed by atoms with van der Waals surface area (Å²) in [7, 11) is -4.24. The van der Waals surface area contributed by atoms with Gasteiger partial charge >= 0.3 is 0 Å². The van der Waals surface area contributed by atoms with Crippen LogP contribution in [0.4, 0.5) is 5.82 Å². The first-order valence-electron chi connectivity index (χ1n) is 11.0.